The Morgan fingerprint density at radius 1 is 1.21 bits per heavy atom. The fourth-order valence-corrected chi connectivity index (χ4v) is 4.10. The number of halogens is 1. The van der Waals surface area contributed by atoms with Gasteiger partial charge in [0.25, 0.3) is 11.8 Å². The minimum atomic E-state index is -0.379. The third-order valence-corrected chi connectivity index (χ3v) is 5.66. The lowest BCUT2D eigenvalue weighted by Crippen LogP contribution is -2.36. The molecule has 3 heterocycles. The van der Waals surface area contributed by atoms with Crippen LogP contribution in [0.3, 0.4) is 0 Å². The highest BCUT2D eigenvalue weighted by molar-refractivity contribution is 5.97. The summed E-state index contributed by atoms with van der Waals surface area (Å²) in [6, 6.07) is 13.3. The summed E-state index contributed by atoms with van der Waals surface area (Å²) in [5.41, 5.74) is 3.44. The molecular weight excluding hydrogens is 425 g/mol. The van der Waals surface area contributed by atoms with Gasteiger partial charge in [0, 0.05) is 36.8 Å². The van der Waals surface area contributed by atoms with Crippen molar-refractivity contribution in [1.82, 2.24) is 24.8 Å². The molecule has 2 aromatic heterocycles. The van der Waals surface area contributed by atoms with Crippen LogP contribution in [0.15, 0.2) is 53.1 Å². The Morgan fingerprint density at radius 3 is 2.88 bits per heavy atom. The average Bonchev–Trinajstić information content (AvgIpc) is 3.44. The molecule has 0 aliphatic carbocycles. The van der Waals surface area contributed by atoms with Crippen LogP contribution in [0.2, 0.25) is 0 Å². The molecule has 2 aromatic carbocycles. The van der Waals surface area contributed by atoms with Crippen LogP contribution < -0.4 is 4.74 Å². The minimum absolute atomic E-state index is 0.106. The van der Waals surface area contributed by atoms with Gasteiger partial charge in [-0.05, 0) is 31.2 Å². The van der Waals surface area contributed by atoms with Gasteiger partial charge in [0.05, 0.1) is 18.7 Å². The van der Waals surface area contributed by atoms with Crippen LogP contribution in [0.25, 0.3) is 23.0 Å². The third kappa shape index (κ3) is 3.86. The van der Waals surface area contributed by atoms with E-state index in [1.54, 1.807) is 33.8 Å². The average molecular weight is 447 g/mol. The van der Waals surface area contributed by atoms with Gasteiger partial charge in [0.2, 0.25) is 5.82 Å². The normalized spacial score (nSPS) is 13.1. The van der Waals surface area contributed by atoms with E-state index in [9.17, 15) is 9.18 Å². The quantitative estimate of drug-likeness (QED) is 0.462. The molecule has 33 heavy (non-hydrogen) atoms. The number of hydrogen-bond donors (Lipinski definition) is 0. The lowest BCUT2D eigenvalue weighted by Gasteiger charge is -2.28. The van der Waals surface area contributed by atoms with Gasteiger partial charge in [-0.25, -0.2) is 4.39 Å². The maximum Gasteiger partial charge on any atom is 0.279 e. The molecule has 4 aromatic rings. The lowest BCUT2D eigenvalue weighted by molar-refractivity contribution is 0.0729. The van der Waals surface area contributed by atoms with Crippen LogP contribution in [-0.4, -0.2) is 43.9 Å². The molecule has 168 valence electrons. The number of rotatable bonds is 5. The van der Waals surface area contributed by atoms with Gasteiger partial charge < -0.3 is 14.2 Å². The number of para-hydroxylation sites is 1. The van der Waals surface area contributed by atoms with Crippen LogP contribution in [0.5, 0.6) is 5.75 Å². The first-order valence-corrected chi connectivity index (χ1v) is 10.7. The highest BCUT2D eigenvalue weighted by Crippen LogP contribution is 2.31. The van der Waals surface area contributed by atoms with E-state index >= 15 is 0 Å². The summed E-state index contributed by atoms with van der Waals surface area (Å²) < 4.78 is 26.5. The van der Waals surface area contributed by atoms with Crippen LogP contribution in [0.1, 0.15) is 28.5 Å². The second kappa shape index (κ2) is 8.50. The Kier molecular flexibility index (Phi) is 5.37. The summed E-state index contributed by atoms with van der Waals surface area (Å²) in [5, 5.41) is 8.58. The summed E-state index contributed by atoms with van der Waals surface area (Å²) in [5.74, 6) is 0.591. The maximum absolute atomic E-state index is 13.6. The van der Waals surface area contributed by atoms with Crippen LogP contribution in [0.4, 0.5) is 4.39 Å². The molecule has 0 bridgehead atoms. The van der Waals surface area contributed by atoms with Crippen molar-refractivity contribution < 1.29 is 18.4 Å². The lowest BCUT2D eigenvalue weighted by atomic mass is 10.0. The Morgan fingerprint density at radius 2 is 2.06 bits per heavy atom. The second-order valence-corrected chi connectivity index (χ2v) is 7.74. The zero-order chi connectivity index (χ0) is 22.9. The molecule has 0 unspecified atom stereocenters. The van der Waals surface area contributed by atoms with Crippen molar-refractivity contribution in [2.24, 2.45) is 7.05 Å². The van der Waals surface area contributed by atoms with Gasteiger partial charge in [0.1, 0.15) is 11.6 Å². The maximum atomic E-state index is 13.6. The van der Waals surface area contributed by atoms with Crippen molar-refractivity contribution >= 4 is 5.91 Å². The van der Waals surface area contributed by atoms with E-state index in [2.05, 4.69) is 15.2 Å². The van der Waals surface area contributed by atoms with Crippen molar-refractivity contribution in [2.45, 2.75) is 19.9 Å². The van der Waals surface area contributed by atoms with E-state index in [0.29, 0.717) is 48.7 Å². The molecule has 9 heteroatoms. The minimum Gasteiger partial charge on any atom is -0.493 e. The zero-order valence-corrected chi connectivity index (χ0v) is 18.3. The molecule has 0 spiro atoms. The standard InChI is InChI=1S/C24H22FN5O3/c1-3-32-20-10-5-4-9-17(20)24(31)30-12-11-19-18(14-30)21(27-29(19)2)23-26-22(28-33-23)15-7-6-8-16(25)13-15/h4-10,13H,3,11-12,14H2,1-2H3. The van der Waals surface area contributed by atoms with Crippen LogP contribution in [-0.2, 0) is 20.0 Å². The Hall–Kier alpha value is -4.01. The molecule has 1 aliphatic rings. The molecule has 0 N–H and O–H groups in total. The first-order chi connectivity index (χ1) is 16.0. The first-order valence-electron chi connectivity index (χ1n) is 10.7. The molecule has 0 radical (unpaired) electrons. The second-order valence-electron chi connectivity index (χ2n) is 7.74. The van der Waals surface area contributed by atoms with Crippen molar-refractivity contribution in [3.05, 3.63) is 71.2 Å². The number of amides is 1. The topological polar surface area (TPSA) is 86.3 Å². The summed E-state index contributed by atoms with van der Waals surface area (Å²) in [7, 11) is 1.86. The Labute approximate surface area is 189 Å². The van der Waals surface area contributed by atoms with Gasteiger partial charge in [0.15, 0.2) is 5.69 Å². The van der Waals surface area contributed by atoms with E-state index < -0.39 is 0 Å². The molecule has 5 rings (SSSR count). The number of fused-ring (bicyclic) bond motifs is 1. The van der Waals surface area contributed by atoms with Crippen LogP contribution >= 0.6 is 0 Å². The SMILES string of the molecule is CCOc1ccccc1C(=O)N1CCc2c(c(-c3nc(-c4cccc(F)c4)no3)nn2C)C1. The van der Waals surface area contributed by atoms with Gasteiger partial charge in [-0.2, -0.15) is 10.1 Å². The number of aromatic nitrogens is 4. The summed E-state index contributed by atoms with van der Waals surface area (Å²) in [6.07, 6.45) is 0.645. The predicted octanol–water partition coefficient (Wildman–Crippen LogP) is 3.87. The first kappa shape index (κ1) is 20.9. The van der Waals surface area contributed by atoms with E-state index in [1.165, 1.54) is 12.1 Å². The van der Waals surface area contributed by atoms with Crippen molar-refractivity contribution in [2.75, 3.05) is 13.2 Å². The molecule has 0 atom stereocenters. The zero-order valence-electron chi connectivity index (χ0n) is 18.3. The van der Waals surface area contributed by atoms with Crippen LogP contribution in [0, 0.1) is 5.82 Å². The molecule has 1 amide bonds. The van der Waals surface area contributed by atoms with Crippen molar-refractivity contribution in [3.8, 4) is 28.7 Å². The van der Waals surface area contributed by atoms with E-state index in [0.717, 1.165) is 11.3 Å². The van der Waals surface area contributed by atoms with Gasteiger partial charge >= 0.3 is 0 Å². The fraction of sp³-hybridized carbons (Fsp3) is 0.250. The van der Waals surface area contributed by atoms with Gasteiger partial charge in [-0.1, -0.05) is 29.4 Å². The van der Waals surface area contributed by atoms with E-state index in [1.807, 2.05) is 26.1 Å². The smallest absolute Gasteiger partial charge is 0.279 e. The number of carbonyl (C=O) groups excluding carboxylic acids is 1. The third-order valence-electron chi connectivity index (χ3n) is 5.66. The summed E-state index contributed by atoms with van der Waals surface area (Å²) in [4.78, 5) is 19.5. The van der Waals surface area contributed by atoms with Gasteiger partial charge in [-0.15, -0.1) is 0 Å². The van der Waals surface area contributed by atoms with Gasteiger partial charge in [-0.3, -0.25) is 9.48 Å². The Bertz CT molecular complexity index is 1330. The number of carbonyl (C=O) groups is 1. The van der Waals surface area contributed by atoms with Crippen molar-refractivity contribution in [1.29, 1.82) is 0 Å². The molecule has 1 aliphatic heterocycles. The molecular formula is C24H22FN5O3. The fourth-order valence-electron chi connectivity index (χ4n) is 4.10. The number of hydrogen-bond acceptors (Lipinski definition) is 6. The number of ether oxygens (including phenoxy) is 1. The number of nitrogens with zero attached hydrogens (tertiary/aromatic N) is 5. The summed E-state index contributed by atoms with van der Waals surface area (Å²) >= 11 is 0. The molecule has 0 saturated carbocycles. The molecule has 0 saturated heterocycles. The number of benzene rings is 2. The highest BCUT2D eigenvalue weighted by Gasteiger charge is 2.30. The largest absolute Gasteiger partial charge is 0.493 e. The van der Waals surface area contributed by atoms with E-state index in [-0.39, 0.29) is 23.4 Å². The van der Waals surface area contributed by atoms with Crippen molar-refractivity contribution in [3.63, 3.8) is 0 Å². The van der Waals surface area contributed by atoms with E-state index in [4.69, 9.17) is 9.26 Å². The molecule has 8 nitrogen and oxygen atoms in total. The number of aryl methyl sites for hydroxylation is 1. The highest BCUT2D eigenvalue weighted by atomic mass is 19.1. The molecule has 0 fully saturated rings. The monoisotopic (exact) mass is 447 g/mol. The Balaban J connectivity index is 1.46. The summed E-state index contributed by atoms with van der Waals surface area (Å²) in [6.45, 7) is 3.28. The predicted molar refractivity (Wildman–Crippen MR) is 118 cm³/mol.